The lowest BCUT2D eigenvalue weighted by Gasteiger charge is -2.10. The van der Waals surface area contributed by atoms with E-state index in [2.05, 4.69) is 53.4 Å². The standard InChI is InChI=1S/C26H19Br2N5/c1-16-12-19(27)13-21(28)25(16)32-26(24-11-10-17-6-2-4-8-22(17)31-24)33-30-15-18-14-29-23-9-5-3-7-20(18)23/h2-15,29H,1H3,(H,32,33). The van der Waals surface area contributed by atoms with Crippen LogP contribution in [0.2, 0.25) is 0 Å². The van der Waals surface area contributed by atoms with Crippen LogP contribution in [0.5, 0.6) is 0 Å². The third kappa shape index (κ3) is 4.60. The third-order valence-corrected chi connectivity index (χ3v) is 6.34. The highest BCUT2D eigenvalue weighted by atomic mass is 79.9. The number of nitrogens with zero attached hydrogens (tertiary/aromatic N) is 3. The molecule has 0 bridgehead atoms. The molecular formula is C26H19Br2N5. The lowest BCUT2D eigenvalue weighted by Crippen LogP contribution is -2.20. The molecule has 5 rings (SSSR count). The van der Waals surface area contributed by atoms with Gasteiger partial charge < -0.3 is 4.98 Å². The summed E-state index contributed by atoms with van der Waals surface area (Å²) in [5.74, 6) is 0.558. The maximum atomic E-state index is 4.91. The van der Waals surface area contributed by atoms with Crippen molar-refractivity contribution in [2.75, 3.05) is 0 Å². The van der Waals surface area contributed by atoms with E-state index in [1.807, 2.05) is 79.9 Å². The fourth-order valence-corrected chi connectivity index (χ4v) is 5.18. The Labute approximate surface area is 207 Å². The second kappa shape index (κ2) is 9.29. The van der Waals surface area contributed by atoms with Crippen LogP contribution in [0, 0.1) is 6.92 Å². The molecule has 0 saturated carbocycles. The molecular weight excluding hydrogens is 542 g/mol. The van der Waals surface area contributed by atoms with Crippen LogP contribution >= 0.6 is 31.9 Å². The molecule has 33 heavy (non-hydrogen) atoms. The van der Waals surface area contributed by atoms with Crippen molar-refractivity contribution < 1.29 is 0 Å². The summed E-state index contributed by atoms with van der Waals surface area (Å²) in [6, 6.07) is 24.2. The Bertz CT molecular complexity index is 1510. The van der Waals surface area contributed by atoms with Crippen molar-refractivity contribution >= 4 is 71.4 Å². The highest BCUT2D eigenvalue weighted by Gasteiger charge is 2.11. The lowest BCUT2D eigenvalue weighted by atomic mass is 10.2. The summed E-state index contributed by atoms with van der Waals surface area (Å²) in [7, 11) is 0. The minimum Gasteiger partial charge on any atom is -0.361 e. The molecule has 5 nitrogen and oxygen atoms in total. The number of hydrogen-bond donors (Lipinski definition) is 2. The van der Waals surface area contributed by atoms with E-state index >= 15 is 0 Å². The molecule has 0 radical (unpaired) electrons. The summed E-state index contributed by atoms with van der Waals surface area (Å²) in [5, 5.41) is 6.68. The first-order chi connectivity index (χ1) is 16.1. The Morgan fingerprint density at radius 1 is 1.00 bits per heavy atom. The van der Waals surface area contributed by atoms with Crippen LogP contribution in [0.3, 0.4) is 0 Å². The lowest BCUT2D eigenvalue weighted by molar-refractivity contribution is 1.02. The molecule has 0 aliphatic heterocycles. The SMILES string of the molecule is Cc1cc(Br)cc(Br)c1N=C(NN=Cc1c[nH]c2ccccc12)c1ccc2ccccc2n1. The Balaban J connectivity index is 1.56. The topological polar surface area (TPSA) is 65.4 Å². The Kier molecular flexibility index (Phi) is 6.07. The van der Waals surface area contributed by atoms with Crippen molar-refractivity contribution in [1.29, 1.82) is 0 Å². The Morgan fingerprint density at radius 3 is 2.70 bits per heavy atom. The number of halogens is 2. The average Bonchev–Trinajstić information content (AvgIpc) is 3.23. The van der Waals surface area contributed by atoms with Gasteiger partial charge in [-0.05, 0) is 58.7 Å². The predicted molar refractivity (Wildman–Crippen MR) is 144 cm³/mol. The van der Waals surface area contributed by atoms with E-state index in [1.165, 1.54) is 0 Å². The predicted octanol–water partition coefficient (Wildman–Crippen LogP) is 7.25. The van der Waals surface area contributed by atoms with Gasteiger partial charge in [-0.2, -0.15) is 5.10 Å². The number of aromatic nitrogens is 2. The molecule has 0 unspecified atom stereocenters. The van der Waals surface area contributed by atoms with Crippen molar-refractivity contribution in [1.82, 2.24) is 15.4 Å². The number of aryl methyl sites for hydroxylation is 1. The molecule has 7 heteroatoms. The van der Waals surface area contributed by atoms with E-state index in [9.17, 15) is 0 Å². The third-order valence-electron chi connectivity index (χ3n) is 5.28. The first kappa shape index (κ1) is 21.6. The van der Waals surface area contributed by atoms with Gasteiger partial charge in [-0.15, -0.1) is 0 Å². The monoisotopic (exact) mass is 559 g/mol. The van der Waals surface area contributed by atoms with Crippen molar-refractivity contribution in [3.63, 3.8) is 0 Å². The molecule has 2 aromatic heterocycles. The van der Waals surface area contributed by atoms with Crippen LogP contribution in [-0.2, 0) is 0 Å². The fourth-order valence-electron chi connectivity index (χ4n) is 3.65. The Morgan fingerprint density at radius 2 is 1.82 bits per heavy atom. The Hall–Kier alpha value is -3.29. The smallest absolute Gasteiger partial charge is 0.173 e. The van der Waals surface area contributed by atoms with Crippen LogP contribution in [0.4, 0.5) is 5.69 Å². The highest BCUT2D eigenvalue weighted by Crippen LogP contribution is 2.33. The number of rotatable bonds is 4. The van der Waals surface area contributed by atoms with E-state index in [4.69, 9.17) is 9.98 Å². The summed E-state index contributed by atoms with van der Waals surface area (Å²) >= 11 is 7.17. The number of aromatic amines is 1. The molecule has 0 atom stereocenters. The first-order valence-electron chi connectivity index (χ1n) is 10.3. The summed E-state index contributed by atoms with van der Waals surface area (Å²) in [6.45, 7) is 2.02. The first-order valence-corrected chi connectivity index (χ1v) is 11.9. The van der Waals surface area contributed by atoms with Crippen LogP contribution < -0.4 is 5.43 Å². The van der Waals surface area contributed by atoms with Gasteiger partial charge in [0.1, 0.15) is 5.69 Å². The zero-order valence-corrected chi connectivity index (χ0v) is 20.9. The van der Waals surface area contributed by atoms with Gasteiger partial charge in [0.2, 0.25) is 0 Å². The van der Waals surface area contributed by atoms with Crippen molar-refractivity contribution in [2.45, 2.75) is 6.92 Å². The van der Waals surface area contributed by atoms with E-state index in [0.717, 1.165) is 47.6 Å². The van der Waals surface area contributed by atoms with E-state index < -0.39 is 0 Å². The number of hydrazone groups is 1. The molecule has 0 spiro atoms. The van der Waals surface area contributed by atoms with Crippen LogP contribution in [-0.4, -0.2) is 22.0 Å². The number of para-hydroxylation sites is 2. The molecule has 0 aliphatic rings. The second-order valence-corrected chi connectivity index (χ2v) is 9.33. The average molecular weight is 561 g/mol. The van der Waals surface area contributed by atoms with Gasteiger partial charge in [0.15, 0.2) is 5.84 Å². The van der Waals surface area contributed by atoms with E-state index in [-0.39, 0.29) is 0 Å². The molecule has 162 valence electrons. The van der Waals surface area contributed by atoms with Crippen molar-refractivity contribution in [3.05, 3.63) is 105 Å². The number of pyridine rings is 1. The van der Waals surface area contributed by atoms with Crippen LogP contribution in [0.15, 0.2) is 98.0 Å². The number of fused-ring (bicyclic) bond motifs is 2. The van der Waals surface area contributed by atoms with Gasteiger partial charge in [-0.1, -0.05) is 58.4 Å². The van der Waals surface area contributed by atoms with Crippen LogP contribution in [0.1, 0.15) is 16.8 Å². The fraction of sp³-hybridized carbons (Fsp3) is 0.0385. The summed E-state index contributed by atoms with van der Waals surface area (Å²) in [6.07, 6.45) is 3.73. The van der Waals surface area contributed by atoms with Gasteiger partial charge in [-0.3, -0.25) is 5.43 Å². The quantitative estimate of drug-likeness (QED) is 0.138. The minimum atomic E-state index is 0.558. The summed E-state index contributed by atoms with van der Waals surface area (Å²) in [5.41, 5.74) is 8.64. The van der Waals surface area contributed by atoms with Gasteiger partial charge in [0, 0.05) is 37.0 Å². The number of H-pyrrole nitrogens is 1. The largest absolute Gasteiger partial charge is 0.361 e. The molecule has 0 aliphatic carbocycles. The molecule has 5 aromatic rings. The molecule has 0 amide bonds. The molecule has 0 fully saturated rings. The maximum absolute atomic E-state index is 4.91. The second-order valence-electron chi connectivity index (χ2n) is 7.56. The van der Waals surface area contributed by atoms with Gasteiger partial charge in [0.05, 0.1) is 17.4 Å². The van der Waals surface area contributed by atoms with Crippen molar-refractivity contribution in [2.24, 2.45) is 10.1 Å². The van der Waals surface area contributed by atoms with E-state index in [1.54, 1.807) is 6.21 Å². The van der Waals surface area contributed by atoms with Crippen LogP contribution in [0.25, 0.3) is 21.8 Å². The number of nitrogens with one attached hydrogen (secondary N) is 2. The molecule has 2 heterocycles. The molecule has 0 saturated heterocycles. The maximum Gasteiger partial charge on any atom is 0.173 e. The number of hydrogen-bond acceptors (Lipinski definition) is 3. The molecule has 2 N–H and O–H groups in total. The van der Waals surface area contributed by atoms with Gasteiger partial charge >= 0.3 is 0 Å². The minimum absolute atomic E-state index is 0.558. The number of amidine groups is 1. The van der Waals surface area contributed by atoms with Gasteiger partial charge in [0.25, 0.3) is 0 Å². The molecule has 3 aromatic carbocycles. The summed E-state index contributed by atoms with van der Waals surface area (Å²) < 4.78 is 1.87. The van der Waals surface area contributed by atoms with E-state index in [0.29, 0.717) is 11.5 Å². The zero-order chi connectivity index (χ0) is 22.8. The highest BCUT2D eigenvalue weighted by molar-refractivity contribution is 9.11. The van der Waals surface area contributed by atoms with Crippen molar-refractivity contribution in [3.8, 4) is 0 Å². The zero-order valence-electron chi connectivity index (χ0n) is 17.7. The van der Waals surface area contributed by atoms with Gasteiger partial charge in [-0.25, -0.2) is 9.98 Å². The number of aliphatic imine (C=N–C) groups is 1. The summed E-state index contributed by atoms with van der Waals surface area (Å²) in [4.78, 5) is 13.0. The normalized spacial score (nSPS) is 12.2. The number of benzene rings is 3.